The van der Waals surface area contributed by atoms with Crippen molar-refractivity contribution in [2.75, 3.05) is 0 Å². The van der Waals surface area contributed by atoms with Gasteiger partial charge >= 0.3 is 15.6 Å². The fourth-order valence-electron chi connectivity index (χ4n) is 0.973. The van der Waals surface area contributed by atoms with Gasteiger partial charge in [-0.05, 0) is 23.8 Å². The summed E-state index contributed by atoms with van der Waals surface area (Å²) in [6.45, 7) is 0. The van der Waals surface area contributed by atoms with Crippen molar-refractivity contribution < 1.29 is 38.7 Å². The molecule has 1 aromatic rings. The molecule has 21 heavy (non-hydrogen) atoms. The molecule has 0 unspecified atom stereocenters. The third kappa shape index (κ3) is 6.80. The molecule has 1 aromatic carbocycles. The van der Waals surface area contributed by atoms with E-state index < -0.39 is 31.5 Å². The minimum absolute atomic E-state index is 0. The van der Waals surface area contributed by atoms with E-state index in [1.54, 1.807) is 0 Å². The fourth-order valence-corrected chi connectivity index (χ4v) is 1.76. The molecule has 0 heterocycles. The van der Waals surface area contributed by atoms with Gasteiger partial charge in [0.2, 0.25) is 0 Å². The fraction of sp³-hybridized carbons (Fsp3) is 0.111. The van der Waals surface area contributed by atoms with Gasteiger partial charge in [0.15, 0.2) is 0 Å². The van der Waals surface area contributed by atoms with Crippen LogP contribution >= 0.6 is 0 Å². The zero-order valence-corrected chi connectivity index (χ0v) is 14.0. The minimum atomic E-state index is -5.75. The second kappa shape index (κ2) is 7.11. The van der Waals surface area contributed by atoms with Gasteiger partial charge < -0.3 is 4.18 Å². The maximum atomic E-state index is 12.0. The smallest absolute Gasteiger partial charge is 0.376 e. The summed E-state index contributed by atoms with van der Waals surface area (Å²) >= 11 is 0. The summed E-state index contributed by atoms with van der Waals surface area (Å²) in [6.07, 6.45) is 0.956. The Morgan fingerprint density at radius 2 is 1.52 bits per heavy atom. The molecule has 0 amide bonds. The van der Waals surface area contributed by atoms with Crippen LogP contribution in [0.25, 0.3) is 6.08 Å². The first-order valence-electron chi connectivity index (χ1n) is 4.67. The van der Waals surface area contributed by atoms with E-state index in [2.05, 4.69) is 4.18 Å². The van der Waals surface area contributed by atoms with Crippen molar-refractivity contribution in [2.45, 2.75) is 5.51 Å². The van der Waals surface area contributed by atoms with Crippen LogP contribution in [0.5, 0.6) is 5.75 Å². The Balaban J connectivity index is 0.00000400. The van der Waals surface area contributed by atoms with Gasteiger partial charge in [-0.15, -0.1) is 0 Å². The number of alkyl halides is 3. The molecule has 6 nitrogen and oxygen atoms in total. The molecule has 1 rings (SSSR count). The average Bonchev–Trinajstić information content (AvgIpc) is 2.25. The van der Waals surface area contributed by atoms with Crippen LogP contribution in [0.1, 0.15) is 5.56 Å². The summed E-state index contributed by atoms with van der Waals surface area (Å²) in [5.74, 6) is -0.591. The molecule has 0 atom stereocenters. The normalized spacial score (nSPS) is 13.0. The van der Waals surface area contributed by atoms with Crippen molar-refractivity contribution in [1.29, 1.82) is 0 Å². The van der Waals surface area contributed by atoms with Crippen molar-refractivity contribution in [3.63, 3.8) is 0 Å². The molecule has 0 aliphatic rings. The Bertz CT molecular complexity index is 707. The first kappa shape index (κ1) is 20.4. The van der Waals surface area contributed by atoms with Crippen LogP contribution in [-0.4, -0.2) is 56.5 Å². The van der Waals surface area contributed by atoms with Crippen molar-refractivity contribution >= 4 is 55.9 Å². The molecule has 0 spiro atoms. The predicted octanol–water partition coefficient (Wildman–Crippen LogP) is 1.39. The molecule has 0 saturated heterocycles. The van der Waals surface area contributed by atoms with Gasteiger partial charge in [0.25, 0.3) is 10.1 Å². The van der Waals surface area contributed by atoms with Gasteiger partial charge in [0.1, 0.15) is 5.75 Å². The van der Waals surface area contributed by atoms with E-state index in [1.807, 2.05) is 0 Å². The van der Waals surface area contributed by atoms with Crippen molar-refractivity contribution in [1.82, 2.24) is 0 Å². The van der Waals surface area contributed by atoms with Gasteiger partial charge in [-0.25, -0.2) is 0 Å². The number of benzene rings is 1. The Hall–Kier alpha value is -0.590. The summed E-state index contributed by atoms with van der Waals surface area (Å²) < 4.78 is 90.5. The van der Waals surface area contributed by atoms with Gasteiger partial charge in [-0.2, -0.15) is 30.0 Å². The summed E-state index contributed by atoms with van der Waals surface area (Å²) in [4.78, 5) is 0. The SMILES string of the molecule is O=S(=O)(O)C=Cc1ccc(OS(=O)(=O)C(F)(F)F)cc1.[Na]. The van der Waals surface area contributed by atoms with Crippen LogP contribution in [-0.2, 0) is 20.2 Å². The van der Waals surface area contributed by atoms with Gasteiger partial charge in [-0.1, -0.05) is 12.1 Å². The number of rotatable bonds is 4. The molecule has 0 bridgehead atoms. The quantitative estimate of drug-likeness (QED) is 0.379. The van der Waals surface area contributed by atoms with Crippen molar-refractivity contribution in [3.05, 3.63) is 35.2 Å². The number of hydrogen-bond acceptors (Lipinski definition) is 5. The molecule has 1 N–H and O–H groups in total. The second-order valence-electron chi connectivity index (χ2n) is 3.37. The molecule has 0 saturated carbocycles. The monoisotopic (exact) mass is 355 g/mol. The molecule has 0 fully saturated rings. The molecular weight excluding hydrogens is 348 g/mol. The molecular formula is C9H7F3NaO6S2. The summed E-state index contributed by atoms with van der Waals surface area (Å²) in [7, 11) is -10.1. The molecule has 113 valence electrons. The average molecular weight is 355 g/mol. The van der Waals surface area contributed by atoms with E-state index in [1.165, 1.54) is 0 Å². The summed E-state index contributed by atoms with van der Waals surface area (Å²) in [5.41, 5.74) is -5.35. The van der Waals surface area contributed by atoms with Crippen LogP contribution in [0.3, 0.4) is 0 Å². The van der Waals surface area contributed by atoms with Crippen molar-refractivity contribution in [2.24, 2.45) is 0 Å². The Labute approximate surface area is 140 Å². The number of hydrogen-bond donors (Lipinski definition) is 1. The maximum absolute atomic E-state index is 12.0. The van der Waals surface area contributed by atoms with Crippen LogP contribution in [0.15, 0.2) is 29.7 Å². The number of halogens is 3. The molecule has 0 aliphatic heterocycles. The first-order valence-corrected chi connectivity index (χ1v) is 7.58. The van der Waals surface area contributed by atoms with E-state index in [4.69, 9.17) is 4.55 Å². The second-order valence-corrected chi connectivity index (χ2v) is 6.21. The Morgan fingerprint density at radius 1 is 1.05 bits per heavy atom. The van der Waals surface area contributed by atoms with Gasteiger partial charge in [0, 0.05) is 29.6 Å². The van der Waals surface area contributed by atoms with Crippen LogP contribution < -0.4 is 4.18 Å². The van der Waals surface area contributed by atoms with E-state index >= 15 is 0 Å². The standard InChI is InChI=1S/C9H7F3O6S2.Na/c10-9(11,12)20(16,17)18-8-3-1-7(2-4-8)5-6-19(13,14)15;/h1-6H,(H,13,14,15);. The summed E-state index contributed by atoms with van der Waals surface area (Å²) in [5, 5.41) is 0.454. The maximum Gasteiger partial charge on any atom is 0.534 e. The minimum Gasteiger partial charge on any atom is -0.376 e. The first-order chi connectivity index (χ1) is 8.91. The van der Waals surface area contributed by atoms with E-state index in [9.17, 15) is 30.0 Å². The Morgan fingerprint density at radius 3 is 1.90 bits per heavy atom. The molecule has 0 aliphatic carbocycles. The predicted molar refractivity (Wildman–Crippen MR) is 68.4 cm³/mol. The Kier molecular flexibility index (Phi) is 6.91. The third-order valence-electron chi connectivity index (χ3n) is 1.80. The zero-order chi connectivity index (χ0) is 15.6. The van der Waals surface area contributed by atoms with E-state index in [0.29, 0.717) is 5.41 Å². The van der Waals surface area contributed by atoms with Crippen molar-refractivity contribution in [3.8, 4) is 5.75 Å². The third-order valence-corrected chi connectivity index (χ3v) is 3.26. The molecule has 12 heteroatoms. The van der Waals surface area contributed by atoms with Crippen LogP contribution in [0.4, 0.5) is 13.2 Å². The van der Waals surface area contributed by atoms with Gasteiger partial charge in [0.05, 0.1) is 5.41 Å². The van der Waals surface area contributed by atoms with E-state index in [0.717, 1.165) is 30.3 Å². The van der Waals surface area contributed by atoms with Crippen LogP contribution in [0, 0.1) is 0 Å². The molecule has 1 radical (unpaired) electrons. The summed E-state index contributed by atoms with van der Waals surface area (Å²) in [6, 6.07) is 3.99. The van der Waals surface area contributed by atoms with E-state index in [-0.39, 0.29) is 35.1 Å². The zero-order valence-electron chi connectivity index (χ0n) is 10.4. The van der Waals surface area contributed by atoms with Gasteiger partial charge in [-0.3, -0.25) is 4.55 Å². The van der Waals surface area contributed by atoms with Crippen LogP contribution in [0.2, 0.25) is 0 Å². The largest absolute Gasteiger partial charge is 0.534 e. The molecule has 0 aromatic heterocycles. The topological polar surface area (TPSA) is 97.7 Å².